The zero-order valence-corrected chi connectivity index (χ0v) is 15.2. The Labute approximate surface area is 149 Å². The van der Waals surface area contributed by atoms with Crippen molar-refractivity contribution in [3.05, 3.63) is 11.7 Å². The number of amides is 1. The number of carbonyl (C=O) groups excluding carboxylic acids is 1. The molecule has 1 aromatic rings. The average Bonchev–Trinajstić information content (AvgIpc) is 3.32. The lowest BCUT2D eigenvalue weighted by molar-refractivity contribution is -0.133. The van der Waals surface area contributed by atoms with E-state index >= 15 is 0 Å². The van der Waals surface area contributed by atoms with Crippen molar-refractivity contribution >= 4 is 5.91 Å². The Bertz CT molecular complexity index is 607. The van der Waals surface area contributed by atoms with Gasteiger partial charge in [0.1, 0.15) is 0 Å². The second kappa shape index (κ2) is 7.06. The summed E-state index contributed by atoms with van der Waals surface area (Å²) >= 11 is 0. The van der Waals surface area contributed by atoms with Gasteiger partial charge in [0.2, 0.25) is 11.8 Å². The molecule has 25 heavy (non-hydrogen) atoms. The van der Waals surface area contributed by atoms with Crippen LogP contribution in [0.25, 0.3) is 0 Å². The summed E-state index contributed by atoms with van der Waals surface area (Å²) in [6.07, 6.45) is 8.26. The van der Waals surface area contributed by atoms with Crippen LogP contribution in [0.1, 0.15) is 75.9 Å². The van der Waals surface area contributed by atoms with Crippen molar-refractivity contribution in [1.82, 2.24) is 15.0 Å². The zero-order valence-electron chi connectivity index (χ0n) is 15.2. The molecule has 0 N–H and O–H groups in total. The van der Waals surface area contributed by atoms with Crippen LogP contribution in [0, 0.1) is 5.92 Å². The van der Waals surface area contributed by atoms with Gasteiger partial charge in [-0.05, 0) is 38.0 Å². The minimum absolute atomic E-state index is 0.114. The molecule has 138 valence electrons. The second-order valence-corrected chi connectivity index (χ2v) is 8.04. The van der Waals surface area contributed by atoms with Crippen LogP contribution in [0.4, 0.5) is 0 Å². The lowest BCUT2D eigenvalue weighted by Gasteiger charge is -2.41. The van der Waals surface area contributed by atoms with Crippen LogP contribution in [0.5, 0.6) is 0 Å². The Kier molecular flexibility index (Phi) is 4.80. The summed E-state index contributed by atoms with van der Waals surface area (Å²) in [7, 11) is 0. The van der Waals surface area contributed by atoms with Crippen molar-refractivity contribution < 1.29 is 14.1 Å². The van der Waals surface area contributed by atoms with Crippen LogP contribution in [-0.2, 0) is 14.9 Å². The maximum Gasteiger partial charge on any atom is 0.229 e. The van der Waals surface area contributed by atoms with Gasteiger partial charge in [0.15, 0.2) is 5.82 Å². The Balaban J connectivity index is 1.58. The van der Waals surface area contributed by atoms with Crippen LogP contribution in [0.15, 0.2) is 4.52 Å². The molecule has 1 aromatic heterocycles. The molecule has 1 saturated carbocycles. The zero-order chi connectivity index (χ0) is 17.3. The van der Waals surface area contributed by atoms with Crippen molar-refractivity contribution in [3.8, 4) is 0 Å². The number of likely N-dealkylation sites (tertiary alicyclic amines) is 1. The average molecular weight is 347 g/mol. The highest BCUT2D eigenvalue weighted by Crippen LogP contribution is 2.46. The number of nitrogens with zero attached hydrogens (tertiary/aromatic N) is 3. The molecule has 3 aliphatic rings. The number of ether oxygens (including phenoxy) is 1. The summed E-state index contributed by atoms with van der Waals surface area (Å²) in [5.41, 5.74) is -0.114. The smallest absolute Gasteiger partial charge is 0.229 e. The normalized spacial score (nSPS) is 28.3. The van der Waals surface area contributed by atoms with E-state index in [1.54, 1.807) is 0 Å². The summed E-state index contributed by atoms with van der Waals surface area (Å²) < 4.78 is 11.1. The molecule has 1 aliphatic carbocycles. The van der Waals surface area contributed by atoms with Crippen LogP contribution in [0.3, 0.4) is 0 Å². The summed E-state index contributed by atoms with van der Waals surface area (Å²) in [4.78, 5) is 19.2. The molecule has 6 nitrogen and oxygen atoms in total. The van der Waals surface area contributed by atoms with Gasteiger partial charge in [0.25, 0.3) is 0 Å². The summed E-state index contributed by atoms with van der Waals surface area (Å²) in [6, 6.07) is 0. The summed E-state index contributed by atoms with van der Waals surface area (Å²) in [5.74, 6) is 2.95. The van der Waals surface area contributed by atoms with Crippen molar-refractivity contribution in [2.75, 3.05) is 26.3 Å². The summed E-state index contributed by atoms with van der Waals surface area (Å²) in [6.45, 7) is 5.10. The fourth-order valence-electron chi connectivity index (χ4n) is 4.44. The Morgan fingerprint density at radius 3 is 2.80 bits per heavy atom. The van der Waals surface area contributed by atoms with E-state index in [1.165, 1.54) is 12.8 Å². The molecule has 2 aliphatic heterocycles. The van der Waals surface area contributed by atoms with Crippen molar-refractivity contribution in [1.29, 1.82) is 0 Å². The predicted octanol–water partition coefficient (Wildman–Crippen LogP) is 3.03. The van der Waals surface area contributed by atoms with Gasteiger partial charge in [-0.25, -0.2) is 0 Å². The van der Waals surface area contributed by atoms with Gasteiger partial charge in [0.05, 0.1) is 5.41 Å². The molecule has 0 aromatic carbocycles. The topological polar surface area (TPSA) is 68.5 Å². The Morgan fingerprint density at radius 1 is 1.28 bits per heavy atom. The van der Waals surface area contributed by atoms with Crippen LogP contribution in [-0.4, -0.2) is 47.3 Å². The Hall–Kier alpha value is -1.43. The molecule has 0 radical (unpaired) electrons. The SMILES string of the molecule is CCC(=O)N1CCCC(CC2CC2)(c2noc(C3CCOCC3)n2)C1. The number of piperidine rings is 1. The van der Waals surface area contributed by atoms with Gasteiger partial charge in [0, 0.05) is 38.6 Å². The van der Waals surface area contributed by atoms with Gasteiger partial charge < -0.3 is 14.2 Å². The van der Waals surface area contributed by atoms with Gasteiger partial charge in [-0.15, -0.1) is 0 Å². The van der Waals surface area contributed by atoms with E-state index < -0.39 is 0 Å². The van der Waals surface area contributed by atoms with Crippen molar-refractivity contribution in [2.45, 2.75) is 69.6 Å². The third-order valence-electron chi connectivity index (χ3n) is 6.09. The lowest BCUT2D eigenvalue weighted by atomic mass is 9.74. The van der Waals surface area contributed by atoms with E-state index in [0.717, 1.165) is 76.0 Å². The largest absolute Gasteiger partial charge is 0.381 e. The first-order chi connectivity index (χ1) is 12.2. The van der Waals surface area contributed by atoms with E-state index in [-0.39, 0.29) is 11.3 Å². The molecule has 1 atom stereocenters. The number of rotatable bonds is 5. The van der Waals surface area contributed by atoms with Gasteiger partial charge in [-0.1, -0.05) is 24.9 Å². The molecule has 0 spiro atoms. The highest BCUT2D eigenvalue weighted by molar-refractivity contribution is 5.76. The fourth-order valence-corrected chi connectivity index (χ4v) is 4.44. The maximum absolute atomic E-state index is 12.3. The summed E-state index contributed by atoms with van der Waals surface area (Å²) in [5, 5.41) is 4.42. The first-order valence-electron chi connectivity index (χ1n) is 9.90. The van der Waals surface area contributed by atoms with Gasteiger partial charge >= 0.3 is 0 Å². The maximum atomic E-state index is 12.3. The van der Waals surface area contributed by atoms with Crippen LogP contribution >= 0.6 is 0 Å². The third-order valence-corrected chi connectivity index (χ3v) is 6.09. The van der Waals surface area contributed by atoms with E-state index in [2.05, 4.69) is 5.16 Å². The van der Waals surface area contributed by atoms with E-state index in [1.807, 2.05) is 11.8 Å². The van der Waals surface area contributed by atoms with E-state index in [9.17, 15) is 4.79 Å². The molecule has 3 fully saturated rings. The van der Waals surface area contributed by atoms with Crippen molar-refractivity contribution in [3.63, 3.8) is 0 Å². The standard InChI is InChI=1S/C19H29N3O3/c1-2-16(23)22-9-3-8-19(13-22,12-14-4-5-14)18-20-17(25-21-18)15-6-10-24-11-7-15/h14-15H,2-13H2,1H3. The minimum atomic E-state index is -0.114. The highest BCUT2D eigenvalue weighted by Gasteiger charge is 2.45. The predicted molar refractivity (Wildman–Crippen MR) is 92.2 cm³/mol. The second-order valence-electron chi connectivity index (χ2n) is 8.04. The van der Waals surface area contributed by atoms with Gasteiger partial charge in [-0.2, -0.15) is 4.98 Å². The van der Waals surface area contributed by atoms with E-state index in [0.29, 0.717) is 12.3 Å². The molecule has 3 heterocycles. The van der Waals surface area contributed by atoms with Gasteiger partial charge in [-0.3, -0.25) is 4.79 Å². The quantitative estimate of drug-likeness (QED) is 0.819. The van der Waals surface area contributed by atoms with E-state index in [4.69, 9.17) is 14.2 Å². The highest BCUT2D eigenvalue weighted by atomic mass is 16.5. The first-order valence-corrected chi connectivity index (χ1v) is 9.90. The van der Waals surface area contributed by atoms with Crippen LogP contribution < -0.4 is 0 Å². The molecule has 1 unspecified atom stereocenters. The molecular weight excluding hydrogens is 318 g/mol. The molecular formula is C19H29N3O3. The molecule has 4 rings (SSSR count). The molecule has 6 heteroatoms. The minimum Gasteiger partial charge on any atom is -0.381 e. The monoisotopic (exact) mass is 347 g/mol. The van der Waals surface area contributed by atoms with Crippen LogP contribution in [0.2, 0.25) is 0 Å². The van der Waals surface area contributed by atoms with Crippen molar-refractivity contribution in [2.24, 2.45) is 5.92 Å². The molecule has 1 amide bonds. The number of aromatic nitrogens is 2. The first kappa shape index (κ1) is 17.0. The number of hydrogen-bond acceptors (Lipinski definition) is 5. The fraction of sp³-hybridized carbons (Fsp3) is 0.842. The Morgan fingerprint density at radius 2 is 2.08 bits per heavy atom. The number of carbonyl (C=O) groups is 1. The number of hydrogen-bond donors (Lipinski definition) is 0. The lowest BCUT2D eigenvalue weighted by Crippen LogP contribution is -2.49. The molecule has 2 saturated heterocycles. The molecule has 0 bridgehead atoms. The third kappa shape index (κ3) is 3.59.